The Hall–Kier alpha value is -3.48. The number of carbonyl (C=O) groups is 1. The van der Waals surface area contributed by atoms with Crippen LogP contribution in [0.2, 0.25) is 0 Å². The molecule has 7 nitrogen and oxygen atoms in total. The first-order valence-electron chi connectivity index (χ1n) is 8.87. The van der Waals surface area contributed by atoms with Crippen molar-refractivity contribution in [2.75, 3.05) is 23.7 Å². The molecule has 0 bridgehead atoms. The summed E-state index contributed by atoms with van der Waals surface area (Å²) in [5, 5.41) is 17.3. The molecule has 7 heteroatoms. The molecule has 0 aliphatic rings. The van der Waals surface area contributed by atoms with Crippen molar-refractivity contribution in [1.82, 2.24) is 20.5 Å². The van der Waals surface area contributed by atoms with Crippen molar-refractivity contribution in [1.29, 1.82) is 0 Å². The van der Waals surface area contributed by atoms with Gasteiger partial charge >= 0.3 is 0 Å². The zero-order valence-electron chi connectivity index (χ0n) is 15.1. The summed E-state index contributed by atoms with van der Waals surface area (Å²) in [5.41, 5.74) is 1.88. The average molecular weight is 362 g/mol. The van der Waals surface area contributed by atoms with Crippen molar-refractivity contribution < 1.29 is 4.79 Å². The van der Waals surface area contributed by atoms with Crippen LogP contribution >= 0.6 is 0 Å². The minimum Gasteiger partial charge on any atom is -0.367 e. The van der Waals surface area contributed by atoms with Gasteiger partial charge in [0.15, 0.2) is 5.82 Å². The number of nitrogens with zero attached hydrogens (tertiary/aromatic N) is 3. The maximum Gasteiger partial charge on any atom is 0.251 e. The van der Waals surface area contributed by atoms with Crippen LogP contribution in [0.1, 0.15) is 22.8 Å². The summed E-state index contributed by atoms with van der Waals surface area (Å²) in [5.74, 6) is 1.88. The molecule has 0 radical (unpaired) electrons. The number of rotatable bonds is 8. The van der Waals surface area contributed by atoms with Crippen molar-refractivity contribution in [3.63, 3.8) is 0 Å². The molecule has 1 aromatic carbocycles. The quantitative estimate of drug-likeness (QED) is 0.534. The smallest absolute Gasteiger partial charge is 0.251 e. The molecule has 3 rings (SSSR count). The summed E-state index contributed by atoms with van der Waals surface area (Å²) in [6, 6.07) is 16.9. The summed E-state index contributed by atoms with van der Waals surface area (Å²) < 4.78 is 0. The molecule has 3 aromatic rings. The molecule has 0 unspecified atom stereocenters. The molecule has 0 saturated heterocycles. The van der Waals surface area contributed by atoms with Crippen LogP contribution in [0.15, 0.2) is 60.8 Å². The highest BCUT2D eigenvalue weighted by molar-refractivity contribution is 5.94. The van der Waals surface area contributed by atoms with Crippen LogP contribution in [0.3, 0.4) is 0 Å². The highest BCUT2D eigenvalue weighted by Gasteiger charge is 2.04. The number of nitrogens with one attached hydrogen (secondary N) is 3. The second kappa shape index (κ2) is 9.28. The van der Waals surface area contributed by atoms with E-state index in [1.807, 2.05) is 54.6 Å². The Labute approximate surface area is 158 Å². The van der Waals surface area contributed by atoms with E-state index in [0.717, 1.165) is 6.42 Å². The van der Waals surface area contributed by atoms with Crippen molar-refractivity contribution in [3.05, 3.63) is 71.9 Å². The van der Waals surface area contributed by atoms with Crippen LogP contribution in [0.25, 0.3) is 0 Å². The third-order valence-electron chi connectivity index (χ3n) is 3.93. The van der Waals surface area contributed by atoms with E-state index in [1.165, 1.54) is 5.56 Å². The van der Waals surface area contributed by atoms with E-state index < -0.39 is 0 Å². The third-order valence-corrected chi connectivity index (χ3v) is 3.93. The number of aryl methyl sites for hydroxylation is 1. The van der Waals surface area contributed by atoms with Crippen molar-refractivity contribution in [3.8, 4) is 0 Å². The number of anilines is 3. The molecule has 0 aliphatic heterocycles. The lowest BCUT2D eigenvalue weighted by molar-refractivity contribution is 0.0955. The fraction of sp³-hybridized carbons (Fsp3) is 0.200. The molecule has 27 heavy (non-hydrogen) atoms. The van der Waals surface area contributed by atoms with Gasteiger partial charge in [-0.2, -0.15) is 0 Å². The number of carbonyl (C=O) groups excluding carboxylic acids is 1. The van der Waals surface area contributed by atoms with Gasteiger partial charge in [0.25, 0.3) is 5.91 Å². The topological polar surface area (TPSA) is 91.8 Å². The van der Waals surface area contributed by atoms with E-state index in [0.29, 0.717) is 36.1 Å². The van der Waals surface area contributed by atoms with Gasteiger partial charge in [0.1, 0.15) is 11.6 Å². The molecule has 138 valence electrons. The van der Waals surface area contributed by atoms with E-state index in [2.05, 4.69) is 38.1 Å². The van der Waals surface area contributed by atoms with Crippen LogP contribution in [0.5, 0.6) is 0 Å². The molecule has 0 aliphatic carbocycles. The maximum absolute atomic E-state index is 12.1. The van der Waals surface area contributed by atoms with Gasteiger partial charge < -0.3 is 16.0 Å². The van der Waals surface area contributed by atoms with Crippen LogP contribution < -0.4 is 16.0 Å². The molecule has 2 aromatic heterocycles. The highest BCUT2D eigenvalue weighted by atomic mass is 16.1. The lowest BCUT2D eigenvalue weighted by Crippen LogP contribution is -2.28. The molecule has 2 heterocycles. The van der Waals surface area contributed by atoms with Crippen molar-refractivity contribution in [2.24, 2.45) is 0 Å². The van der Waals surface area contributed by atoms with Gasteiger partial charge in [0.05, 0.1) is 0 Å². The normalized spacial score (nSPS) is 10.3. The lowest BCUT2D eigenvalue weighted by atomic mass is 10.1. The van der Waals surface area contributed by atoms with Crippen LogP contribution in [0.4, 0.5) is 17.5 Å². The van der Waals surface area contributed by atoms with E-state index in [9.17, 15) is 4.79 Å². The lowest BCUT2D eigenvalue weighted by Gasteiger charge is -2.08. The van der Waals surface area contributed by atoms with Gasteiger partial charge in [-0.15, -0.1) is 10.2 Å². The van der Waals surface area contributed by atoms with Gasteiger partial charge in [-0.3, -0.25) is 4.79 Å². The van der Waals surface area contributed by atoms with Crippen LogP contribution in [-0.4, -0.2) is 34.2 Å². The number of aromatic nitrogens is 3. The summed E-state index contributed by atoms with van der Waals surface area (Å²) in [6.07, 6.45) is 2.67. The Morgan fingerprint density at radius 1 is 0.889 bits per heavy atom. The molecule has 0 saturated carbocycles. The number of hydrogen-bond acceptors (Lipinski definition) is 6. The van der Waals surface area contributed by atoms with Crippen LogP contribution in [-0.2, 0) is 6.42 Å². The Bertz CT molecular complexity index is 850. The summed E-state index contributed by atoms with van der Waals surface area (Å²) in [6.45, 7) is 3.13. The first-order chi connectivity index (χ1) is 13.2. The zero-order valence-corrected chi connectivity index (χ0v) is 15.1. The molecule has 0 spiro atoms. The summed E-state index contributed by atoms with van der Waals surface area (Å²) in [7, 11) is 0. The summed E-state index contributed by atoms with van der Waals surface area (Å²) >= 11 is 0. The Morgan fingerprint density at radius 3 is 2.33 bits per heavy atom. The Kier molecular flexibility index (Phi) is 6.30. The minimum atomic E-state index is -0.0829. The molecular formula is C20H22N6O. The number of benzene rings is 1. The van der Waals surface area contributed by atoms with E-state index in [4.69, 9.17) is 0 Å². The highest BCUT2D eigenvalue weighted by Crippen LogP contribution is 2.11. The van der Waals surface area contributed by atoms with Gasteiger partial charge in [-0.05, 0) is 48.4 Å². The fourth-order valence-electron chi connectivity index (χ4n) is 2.42. The monoisotopic (exact) mass is 362 g/mol. The Balaban J connectivity index is 1.41. The third kappa shape index (κ3) is 5.50. The second-order valence-electron chi connectivity index (χ2n) is 5.88. The first-order valence-corrected chi connectivity index (χ1v) is 8.87. The maximum atomic E-state index is 12.1. The predicted molar refractivity (Wildman–Crippen MR) is 106 cm³/mol. The molecule has 3 N–H and O–H groups in total. The van der Waals surface area contributed by atoms with Crippen LogP contribution in [0, 0.1) is 0 Å². The largest absolute Gasteiger partial charge is 0.367 e. The second-order valence-corrected chi connectivity index (χ2v) is 5.88. The number of pyridine rings is 1. The van der Waals surface area contributed by atoms with E-state index in [-0.39, 0.29) is 5.91 Å². The standard InChI is InChI=1S/C20H22N6O/c1-2-15-6-8-16(9-7-15)20(27)23-14-13-22-18-10-11-19(26-25-18)24-17-5-3-4-12-21-17/h3-12H,2,13-14H2,1H3,(H,22,25)(H,23,27)(H,21,24,26). The number of amides is 1. The minimum absolute atomic E-state index is 0.0829. The summed E-state index contributed by atoms with van der Waals surface area (Å²) in [4.78, 5) is 16.3. The number of hydrogen-bond donors (Lipinski definition) is 3. The average Bonchev–Trinajstić information content (AvgIpc) is 2.73. The first kappa shape index (κ1) is 18.3. The fourth-order valence-corrected chi connectivity index (χ4v) is 2.42. The zero-order chi connectivity index (χ0) is 18.9. The Morgan fingerprint density at radius 2 is 1.67 bits per heavy atom. The van der Waals surface area contributed by atoms with Crippen molar-refractivity contribution in [2.45, 2.75) is 13.3 Å². The van der Waals surface area contributed by atoms with Gasteiger partial charge in [-0.25, -0.2) is 4.98 Å². The SMILES string of the molecule is CCc1ccc(C(=O)NCCNc2ccc(Nc3ccccn3)nn2)cc1. The molecule has 0 atom stereocenters. The molecule has 0 fully saturated rings. The van der Waals surface area contributed by atoms with Crippen molar-refractivity contribution >= 4 is 23.4 Å². The van der Waals surface area contributed by atoms with E-state index >= 15 is 0 Å². The van der Waals surface area contributed by atoms with Gasteiger partial charge in [0.2, 0.25) is 0 Å². The van der Waals surface area contributed by atoms with E-state index in [1.54, 1.807) is 6.20 Å². The predicted octanol–water partition coefficient (Wildman–Crippen LogP) is 3.02. The molecule has 1 amide bonds. The van der Waals surface area contributed by atoms with Gasteiger partial charge in [-0.1, -0.05) is 25.1 Å². The van der Waals surface area contributed by atoms with Gasteiger partial charge in [0, 0.05) is 24.8 Å². The molecular weight excluding hydrogens is 340 g/mol.